The average molecular weight is 555 g/mol. The van der Waals surface area contributed by atoms with E-state index >= 15 is 0 Å². The first-order valence-corrected chi connectivity index (χ1v) is 12.2. The molecule has 38 heavy (non-hydrogen) atoms. The van der Waals surface area contributed by atoms with Gasteiger partial charge >= 0.3 is 0 Å². The van der Waals surface area contributed by atoms with Crippen molar-refractivity contribution in [3.8, 4) is 0 Å². The molecule has 0 spiro atoms. The third-order valence-corrected chi connectivity index (χ3v) is 5.87. The van der Waals surface area contributed by atoms with Crippen molar-refractivity contribution in [2.24, 2.45) is 5.11 Å². The topological polar surface area (TPSA) is 255 Å². The minimum atomic E-state index is -1.64. The molecule has 2 saturated heterocycles. The van der Waals surface area contributed by atoms with Crippen molar-refractivity contribution in [1.29, 1.82) is 0 Å². The standard InChI is InChI=1S/C21H38N4O13/c1-11(28)24-14-16(30)18(13(10-27)36-20(14)32)38-21-17(31)19(15(29)12(9-26)37-21)35-8-7-34-5-2-4-33-6-3-23-25-22/h12-21,26-27,29-32H,2-10H2,1H3,(H,24,28)/t12?,13?,14?,15-,16-,17?,18-,19+,20-,21+/m1/s1. The predicted molar refractivity (Wildman–Crippen MR) is 124 cm³/mol. The number of nitrogens with one attached hydrogen (secondary N) is 1. The summed E-state index contributed by atoms with van der Waals surface area (Å²) < 4.78 is 32.7. The summed E-state index contributed by atoms with van der Waals surface area (Å²) in [5.41, 5.74) is 8.18. The van der Waals surface area contributed by atoms with E-state index in [1.807, 2.05) is 0 Å². The van der Waals surface area contributed by atoms with Crippen molar-refractivity contribution < 1.29 is 63.9 Å². The molecule has 1 amide bonds. The van der Waals surface area contributed by atoms with Gasteiger partial charge in [0.1, 0.15) is 48.8 Å². The minimum absolute atomic E-state index is 0.0351. The Morgan fingerprint density at radius 3 is 2.24 bits per heavy atom. The lowest BCUT2D eigenvalue weighted by Crippen LogP contribution is -2.67. The Balaban J connectivity index is 1.90. The van der Waals surface area contributed by atoms with E-state index in [1.54, 1.807) is 0 Å². The van der Waals surface area contributed by atoms with E-state index in [-0.39, 0.29) is 19.8 Å². The summed E-state index contributed by atoms with van der Waals surface area (Å²) in [5, 5.41) is 67.1. The maximum absolute atomic E-state index is 11.5. The fourth-order valence-electron chi connectivity index (χ4n) is 4.02. The first-order valence-electron chi connectivity index (χ1n) is 12.2. The second-order valence-electron chi connectivity index (χ2n) is 8.64. The molecule has 10 atom stereocenters. The Morgan fingerprint density at radius 1 is 0.921 bits per heavy atom. The van der Waals surface area contributed by atoms with Crippen LogP contribution in [0.15, 0.2) is 5.11 Å². The molecule has 0 aliphatic carbocycles. The Hall–Kier alpha value is -1.70. The predicted octanol–water partition coefficient (Wildman–Crippen LogP) is -3.50. The van der Waals surface area contributed by atoms with Crippen LogP contribution >= 0.6 is 0 Å². The molecule has 7 N–H and O–H groups in total. The van der Waals surface area contributed by atoms with E-state index in [2.05, 4.69) is 15.3 Å². The second-order valence-corrected chi connectivity index (χ2v) is 8.64. The highest BCUT2D eigenvalue weighted by Crippen LogP contribution is 2.29. The van der Waals surface area contributed by atoms with Crippen LogP contribution in [0.5, 0.6) is 0 Å². The molecule has 2 aliphatic heterocycles. The van der Waals surface area contributed by atoms with Crippen LogP contribution in [0.1, 0.15) is 13.3 Å². The first-order chi connectivity index (χ1) is 18.2. The van der Waals surface area contributed by atoms with Gasteiger partial charge in [0, 0.05) is 31.6 Å². The molecule has 0 saturated carbocycles. The summed E-state index contributed by atoms with van der Waals surface area (Å²) >= 11 is 0. The largest absolute Gasteiger partial charge is 0.394 e. The highest BCUT2D eigenvalue weighted by Gasteiger charge is 2.51. The van der Waals surface area contributed by atoms with Crippen molar-refractivity contribution in [2.45, 2.75) is 74.7 Å². The van der Waals surface area contributed by atoms with Crippen LogP contribution in [-0.4, -0.2) is 151 Å². The minimum Gasteiger partial charge on any atom is -0.394 e. The van der Waals surface area contributed by atoms with E-state index in [0.717, 1.165) is 0 Å². The zero-order valence-electron chi connectivity index (χ0n) is 21.0. The van der Waals surface area contributed by atoms with E-state index < -0.39 is 80.5 Å². The zero-order valence-corrected chi connectivity index (χ0v) is 21.0. The molecule has 0 radical (unpaired) electrons. The third kappa shape index (κ3) is 9.49. The summed E-state index contributed by atoms with van der Waals surface area (Å²) in [7, 11) is 0. The van der Waals surface area contributed by atoms with E-state index in [1.165, 1.54) is 6.92 Å². The van der Waals surface area contributed by atoms with Crippen molar-refractivity contribution in [1.82, 2.24) is 5.32 Å². The lowest BCUT2D eigenvalue weighted by atomic mass is 9.95. The molecule has 2 fully saturated rings. The molecule has 2 aliphatic rings. The van der Waals surface area contributed by atoms with Crippen LogP contribution < -0.4 is 5.32 Å². The average Bonchev–Trinajstić information content (AvgIpc) is 2.89. The van der Waals surface area contributed by atoms with Gasteiger partial charge in [-0.2, -0.15) is 0 Å². The van der Waals surface area contributed by atoms with Crippen molar-refractivity contribution >= 4 is 5.91 Å². The number of rotatable bonds is 16. The monoisotopic (exact) mass is 554 g/mol. The van der Waals surface area contributed by atoms with Gasteiger partial charge in [-0.25, -0.2) is 0 Å². The van der Waals surface area contributed by atoms with Crippen molar-refractivity contribution in [3.63, 3.8) is 0 Å². The maximum atomic E-state index is 11.5. The fourth-order valence-corrected chi connectivity index (χ4v) is 4.02. The number of ether oxygens (including phenoxy) is 6. The van der Waals surface area contributed by atoms with Crippen LogP contribution in [0.2, 0.25) is 0 Å². The Morgan fingerprint density at radius 2 is 1.61 bits per heavy atom. The van der Waals surface area contributed by atoms with Crippen LogP contribution in [0, 0.1) is 0 Å². The molecular weight excluding hydrogens is 516 g/mol. The van der Waals surface area contributed by atoms with E-state index in [9.17, 15) is 35.4 Å². The van der Waals surface area contributed by atoms with Gasteiger partial charge < -0.3 is 64.4 Å². The van der Waals surface area contributed by atoms with Crippen molar-refractivity contribution in [2.75, 3.05) is 52.8 Å². The SMILES string of the molecule is CC(=O)NC1[C@H](O)OC(CO)[C@@H](O[C@@H]2OC(CO)[C@@H](O)[C@H](OCCOCCCOCCN=[N+]=[N-])C2O)[C@@H]1O. The lowest BCUT2D eigenvalue weighted by molar-refractivity contribution is -0.348. The molecule has 17 nitrogen and oxygen atoms in total. The quantitative estimate of drug-likeness (QED) is 0.0424. The van der Waals surface area contributed by atoms with Gasteiger partial charge in [-0.3, -0.25) is 4.79 Å². The van der Waals surface area contributed by atoms with E-state index in [0.29, 0.717) is 26.2 Å². The molecule has 2 heterocycles. The molecule has 220 valence electrons. The smallest absolute Gasteiger partial charge is 0.217 e. The van der Waals surface area contributed by atoms with Crippen LogP contribution in [0.3, 0.4) is 0 Å². The fraction of sp³-hybridized carbons (Fsp3) is 0.952. The number of hydrogen-bond donors (Lipinski definition) is 7. The third-order valence-electron chi connectivity index (χ3n) is 5.87. The molecule has 2 rings (SSSR count). The number of carbonyl (C=O) groups is 1. The molecule has 0 aromatic rings. The van der Waals surface area contributed by atoms with Gasteiger partial charge in [-0.1, -0.05) is 5.11 Å². The Bertz CT molecular complexity index is 746. The van der Waals surface area contributed by atoms with Crippen molar-refractivity contribution in [3.05, 3.63) is 10.4 Å². The molecule has 17 heteroatoms. The number of amides is 1. The van der Waals surface area contributed by atoms with Crippen LogP contribution in [0.4, 0.5) is 0 Å². The number of azide groups is 1. The summed E-state index contributed by atoms with van der Waals surface area (Å²) in [6.07, 6.45) is -12.4. The molecule has 0 bridgehead atoms. The van der Waals surface area contributed by atoms with Crippen LogP contribution in [-0.2, 0) is 33.2 Å². The zero-order chi connectivity index (χ0) is 28.1. The van der Waals surface area contributed by atoms with Gasteiger partial charge in [0.2, 0.25) is 5.91 Å². The molecule has 0 aromatic heterocycles. The maximum Gasteiger partial charge on any atom is 0.217 e. The van der Waals surface area contributed by atoms with Gasteiger partial charge in [-0.15, -0.1) is 0 Å². The highest BCUT2D eigenvalue weighted by molar-refractivity contribution is 5.73. The van der Waals surface area contributed by atoms with Crippen LogP contribution in [0.25, 0.3) is 10.4 Å². The summed E-state index contributed by atoms with van der Waals surface area (Å²) in [5.74, 6) is -0.566. The molecular formula is C21H38N4O13. The second kappa shape index (κ2) is 17.1. The van der Waals surface area contributed by atoms with Gasteiger partial charge in [0.15, 0.2) is 12.6 Å². The number of nitrogens with zero attached hydrogens (tertiary/aromatic N) is 3. The summed E-state index contributed by atoms with van der Waals surface area (Å²) in [4.78, 5) is 14.1. The number of aliphatic hydroxyl groups excluding tert-OH is 6. The summed E-state index contributed by atoms with van der Waals surface area (Å²) in [6.45, 7) is 1.21. The molecule has 0 aromatic carbocycles. The lowest BCUT2D eigenvalue weighted by Gasteiger charge is -2.47. The Labute approximate surface area is 218 Å². The van der Waals surface area contributed by atoms with Gasteiger partial charge in [0.05, 0.1) is 33.0 Å². The van der Waals surface area contributed by atoms with Gasteiger partial charge in [-0.05, 0) is 12.0 Å². The molecule has 4 unspecified atom stereocenters. The number of carbonyl (C=O) groups excluding carboxylic acids is 1. The highest BCUT2D eigenvalue weighted by atomic mass is 16.7. The number of aliphatic hydroxyl groups is 6. The Kier molecular flexibility index (Phi) is 14.6. The first kappa shape index (κ1) is 32.5. The number of hydrogen-bond acceptors (Lipinski definition) is 14. The normalized spacial score (nSPS) is 35.4. The summed E-state index contributed by atoms with van der Waals surface area (Å²) in [6, 6.07) is -1.30. The van der Waals surface area contributed by atoms with Gasteiger partial charge in [0.25, 0.3) is 0 Å². The van der Waals surface area contributed by atoms with E-state index in [4.69, 9.17) is 34.0 Å².